The summed E-state index contributed by atoms with van der Waals surface area (Å²) in [5.41, 5.74) is 3.03. The Morgan fingerprint density at radius 1 is 1.07 bits per heavy atom. The molecule has 1 aromatic heterocycles. The number of methoxy groups -OCH3 is 1. The van der Waals surface area contributed by atoms with Crippen LogP contribution in [0.1, 0.15) is 31.8 Å². The number of carbonyl (C=O) groups excluding carboxylic acids is 2. The number of nitrogens with zero attached hydrogens (tertiary/aromatic N) is 1. The van der Waals surface area contributed by atoms with Crippen LogP contribution in [0.2, 0.25) is 0 Å². The summed E-state index contributed by atoms with van der Waals surface area (Å²) in [5.74, 6) is -0.584. The highest BCUT2D eigenvalue weighted by Crippen LogP contribution is 2.25. The molecule has 0 spiro atoms. The van der Waals surface area contributed by atoms with E-state index < -0.39 is 11.9 Å². The van der Waals surface area contributed by atoms with Crippen molar-refractivity contribution < 1.29 is 19.4 Å². The Morgan fingerprint density at radius 2 is 1.86 bits per heavy atom. The number of phenols is 1. The van der Waals surface area contributed by atoms with Crippen LogP contribution >= 0.6 is 0 Å². The summed E-state index contributed by atoms with van der Waals surface area (Å²) in [5, 5.41) is 15.8. The Labute approximate surface area is 168 Å². The molecule has 1 heterocycles. The zero-order valence-corrected chi connectivity index (χ0v) is 16.1. The number of amides is 1. The van der Waals surface area contributed by atoms with Crippen LogP contribution in [-0.2, 0) is 11.3 Å². The quantitative estimate of drug-likeness (QED) is 0.437. The highest BCUT2D eigenvalue weighted by atomic mass is 16.5. The van der Waals surface area contributed by atoms with Gasteiger partial charge in [0.05, 0.1) is 23.9 Å². The molecule has 0 radical (unpaired) electrons. The smallest absolute Gasteiger partial charge is 0.337 e. The normalized spacial score (nSPS) is 10.3. The maximum absolute atomic E-state index is 12.4. The second-order valence-corrected chi connectivity index (χ2v) is 6.45. The first-order valence-electron chi connectivity index (χ1n) is 8.94. The first kappa shape index (κ1) is 19.9. The number of pyridine rings is 1. The van der Waals surface area contributed by atoms with E-state index in [0.717, 1.165) is 5.56 Å². The van der Waals surface area contributed by atoms with Gasteiger partial charge < -0.3 is 20.5 Å². The number of benzene rings is 2. The molecule has 0 atom stereocenters. The van der Waals surface area contributed by atoms with E-state index in [2.05, 4.69) is 26.4 Å². The van der Waals surface area contributed by atoms with Crippen LogP contribution in [0.25, 0.3) is 0 Å². The fourth-order valence-electron chi connectivity index (χ4n) is 2.72. The molecular formula is C22H21N3O4. The van der Waals surface area contributed by atoms with E-state index in [9.17, 15) is 14.7 Å². The molecule has 7 nitrogen and oxygen atoms in total. The van der Waals surface area contributed by atoms with Crippen LogP contribution in [0.4, 0.5) is 11.5 Å². The van der Waals surface area contributed by atoms with E-state index in [1.807, 2.05) is 25.1 Å². The Hall–Kier alpha value is -3.87. The number of phenolic OH excluding ortho intramolecular Hbond substituents is 1. The van der Waals surface area contributed by atoms with Crippen molar-refractivity contribution in [3.8, 4) is 5.75 Å². The molecule has 0 bridgehead atoms. The number of ether oxygens (including phenoxy) is 1. The van der Waals surface area contributed by atoms with Gasteiger partial charge in [0.1, 0.15) is 11.6 Å². The summed E-state index contributed by atoms with van der Waals surface area (Å²) in [6.45, 7) is 2.66. The molecule has 1 amide bonds. The molecule has 0 aliphatic carbocycles. The molecule has 0 saturated heterocycles. The standard InChI is InChI=1S/C22H21N3O4/c1-14-4-3-5-15(10-14)12-23-20-9-7-17(13-24-20)21(27)25-18-8-6-16(11-19(18)26)22(28)29-2/h3-11,13,26H,12H2,1-2H3,(H,23,24)(H,25,27). The number of aryl methyl sites for hydroxylation is 1. The SMILES string of the molecule is COC(=O)c1ccc(NC(=O)c2ccc(NCc3cccc(C)c3)nc2)c(O)c1. The molecule has 0 fully saturated rings. The van der Waals surface area contributed by atoms with E-state index in [4.69, 9.17) is 0 Å². The second kappa shape index (κ2) is 8.88. The molecule has 3 rings (SSSR count). The third kappa shape index (κ3) is 5.10. The minimum absolute atomic E-state index is 0.185. The average Bonchev–Trinajstić information content (AvgIpc) is 2.73. The van der Waals surface area contributed by atoms with Crippen LogP contribution in [0.3, 0.4) is 0 Å². The lowest BCUT2D eigenvalue weighted by Crippen LogP contribution is -2.13. The second-order valence-electron chi connectivity index (χ2n) is 6.45. The molecule has 29 heavy (non-hydrogen) atoms. The van der Waals surface area contributed by atoms with Gasteiger partial charge in [-0.2, -0.15) is 0 Å². The zero-order chi connectivity index (χ0) is 20.8. The van der Waals surface area contributed by atoms with Crippen molar-refractivity contribution in [2.24, 2.45) is 0 Å². The number of nitrogens with one attached hydrogen (secondary N) is 2. The molecule has 2 aromatic carbocycles. The topological polar surface area (TPSA) is 101 Å². The van der Waals surface area contributed by atoms with Gasteiger partial charge in [-0.15, -0.1) is 0 Å². The third-order valence-electron chi connectivity index (χ3n) is 4.25. The van der Waals surface area contributed by atoms with Gasteiger partial charge in [-0.1, -0.05) is 29.8 Å². The number of aromatic hydroxyl groups is 1. The molecule has 0 aliphatic rings. The van der Waals surface area contributed by atoms with Gasteiger partial charge >= 0.3 is 5.97 Å². The molecule has 0 aliphatic heterocycles. The van der Waals surface area contributed by atoms with Crippen LogP contribution in [0.15, 0.2) is 60.8 Å². The molecule has 3 N–H and O–H groups in total. The summed E-state index contributed by atoms with van der Waals surface area (Å²) >= 11 is 0. The van der Waals surface area contributed by atoms with Crippen molar-refractivity contribution in [3.63, 3.8) is 0 Å². The number of anilines is 2. The number of hydrogen-bond acceptors (Lipinski definition) is 6. The number of rotatable bonds is 6. The van der Waals surface area contributed by atoms with Gasteiger partial charge in [-0.25, -0.2) is 9.78 Å². The van der Waals surface area contributed by atoms with Crippen LogP contribution in [0.5, 0.6) is 5.75 Å². The summed E-state index contributed by atoms with van der Waals surface area (Å²) in [6.07, 6.45) is 1.45. The van der Waals surface area contributed by atoms with Crippen molar-refractivity contribution in [1.29, 1.82) is 0 Å². The first-order chi connectivity index (χ1) is 14.0. The van der Waals surface area contributed by atoms with Crippen molar-refractivity contribution in [1.82, 2.24) is 4.98 Å². The van der Waals surface area contributed by atoms with Crippen LogP contribution < -0.4 is 10.6 Å². The van der Waals surface area contributed by atoms with E-state index in [1.165, 1.54) is 37.1 Å². The maximum atomic E-state index is 12.4. The predicted octanol–water partition coefficient (Wildman–Crippen LogP) is 3.75. The molecule has 148 valence electrons. The molecule has 3 aromatic rings. The summed E-state index contributed by atoms with van der Waals surface area (Å²) < 4.78 is 4.59. The fourth-order valence-corrected chi connectivity index (χ4v) is 2.72. The monoisotopic (exact) mass is 391 g/mol. The Kier molecular flexibility index (Phi) is 6.09. The number of esters is 1. The predicted molar refractivity (Wildman–Crippen MR) is 110 cm³/mol. The minimum Gasteiger partial charge on any atom is -0.506 e. The van der Waals surface area contributed by atoms with E-state index in [-0.39, 0.29) is 17.0 Å². The van der Waals surface area contributed by atoms with Crippen LogP contribution in [0, 0.1) is 6.92 Å². The van der Waals surface area contributed by atoms with Gasteiger partial charge in [0.15, 0.2) is 0 Å². The summed E-state index contributed by atoms with van der Waals surface area (Å²) in [6, 6.07) is 15.6. The lowest BCUT2D eigenvalue weighted by atomic mass is 10.1. The van der Waals surface area contributed by atoms with E-state index >= 15 is 0 Å². The number of aromatic nitrogens is 1. The minimum atomic E-state index is -0.573. The first-order valence-corrected chi connectivity index (χ1v) is 8.94. The van der Waals surface area contributed by atoms with Gasteiger partial charge in [-0.05, 0) is 42.8 Å². The zero-order valence-electron chi connectivity index (χ0n) is 16.1. The van der Waals surface area contributed by atoms with Crippen molar-refractivity contribution in [3.05, 3.63) is 83.0 Å². The van der Waals surface area contributed by atoms with E-state index in [0.29, 0.717) is 17.9 Å². The molecule has 0 unspecified atom stereocenters. The van der Waals surface area contributed by atoms with E-state index in [1.54, 1.807) is 12.1 Å². The molecule has 0 saturated carbocycles. The highest BCUT2D eigenvalue weighted by molar-refractivity contribution is 6.05. The van der Waals surface area contributed by atoms with Gasteiger partial charge in [-0.3, -0.25) is 4.79 Å². The van der Waals surface area contributed by atoms with Crippen molar-refractivity contribution >= 4 is 23.4 Å². The largest absolute Gasteiger partial charge is 0.506 e. The lowest BCUT2D eigenvalue weighted by molar-refractivity contribution is 0.0600. The average molecular weight is 391 g/mol. The summed E-state index contributed by atoms with van der Waals surface area (Å²) in [4.78, 5) is 28.1. The van der Waals surface area contributed by atoms with Crippen LogP contribution in [-0.4, -0.2) is 29.1 Å². The van der Waals surface area contributed by atoms with Crippen molar-refractivity contribution in [2.75, 3.05) is 17.7 Å². The maximum Gasteiger partial charge on any atom is 0.337 e. The Bertz CT molecular complexity index is 1030. The van der Waals surface area contributed by atoms with Gasteiger partial charge in [0.2, 0.25) is 0 Å². The fraction of sp³-hybridized carbons (Fsp3) is 0.136. The molecular weight excluding hydrogens is 370 g/mol. The Balaban J connectivity index is 1.62. The van der Waals surface area contributed by atoms with Gasteiger partial charge in [0, 0.05) is 12.7 Å². The highest BCUT2D eigenvalue weighted by Gasteiger charge is 2.13. The number of hydrogen-bond donors (Lipinski definition) is 3. The van der Waals surface area contributed by atoms with Crippen molar-refractivity contribution in [2.45, 2.75) is 13.5 Å². The Morgan fingerprint density at radius 3 is 2.52 bits per heavy atom. The number of carbonyl (C=O) groups is 2. The molecule has 7 heteroatoms. The third-order valence-corrected chi connectivity index (χ3v) is 4.25. The van der Waals surface area contributed by atoms with Gasteiger partial charge in [0.25, 0.3) is 5.91 Å². The lowest BCUT2D eigenvalue weighted by Gasteiger charge is -2.10. The summed E-state index contributed by atoms with van der Waals surface area (Å²) in [7, 11) is 1.25.